The van der Waals surface area contributed by atoms with E-state index < -0.39 is 29.5 Å². The van der Waals surface area contributed by atoms with Gasteiger partial charge in [0.15, 0.2) is 4.96 Å². The fourth-order valence-corrected chi connectivity index (χ4v) is 5.62. The van der Waals surface area contributed by atoms with Crippen LogP contribution in [0, 0.1) is 11.6 Å². The number of fused-ring (bicyclic) bond motifs is 3. The van der Waals surface area contributed by atoms with Crippen molar-refractivity contribution < 1.29 is 18.4 Å². The van der Waals surface area contributed by atoms with Crippen molar-refractivity contribution in [3.63, 3.8) is 0 Å². The third-order valence-electron chi connectivity index (χ3n) is 6.22. The van der Waals surface area contributed by atoms with Crippen molar-refractivity contribution in [3.8, 4) is 11.3 Å². The van der Waals surface area contributed by atoms with Crippen LogP contribution in [-0.4, -0.2) is 27.2 Å². The number of thiazole rings is 1. The van der Waals surface area contributed by atoms with Crippen molar-refractivity contribution in [2.24, 2.45) is 5.73 Å². The molecule has 1 aliphatic carbocycles. The molecule has 1 aliphatic rings. The Hall–Kier alpha value is -3.63. The number of rotatable bonds is 6. The van der Waals surface area contributed by atoms with Gasteiger partial charge in [0.2, 0.25) is 11.8 Å². The van der Waals surface area contributed by atoms with Crippen LogP contribution in [0.1, 0.15) is 41.9 Å². The number of hydrogen-bond donors (Lipinski definition) is 3. The monoisotopic (exact) mass is 509 g/mol. The normalized spacial score (nSPS) is 15.9. The van der Waals surface area contributed by atoms with Gasteiger partial charge in [-0.25, -0.2) is 13.8 Å². The molecule has 2 aromatic carbocycles. The molecule has 186 valence electrons. The van der Waals surface area contributed by atoms with E-state index in [0.29, 0.717) is 5.69 Å². The predicted molar refractivity (Wildman–Crippen MR) is 135 cm³/mol. The Morgan fingerprint density at radius 3 is 2.64 bits per heavy atom. The predicted octanol–water partition coefficient (Wildman–Crippen LogP) is 4.36. The SMILES string of the molecule is C[C@H](NC(=O)Cc1cc(F)cc(F)c1)C(=O)Nc1ccc(-c2cn3c4c(sc3n2)C(N)CCC4)cc1. The van der Waals surface area contributed by atoms with Gasteiger partial charge in [-0.2, -0.15) is 0 Å². The lowest BCUT2D eigenvalue weighted by Crippen LogP contribution is -2.42. The molecule has 0 spiro atoms. The molecule has 10 heteroatoms. The highest BCUT2D eigenvalue weighted by molar-refractivity contribution is 7.17. The molecule has 2 atom stereocenters. The number of carbonyl (C=O) groups is 2. The second kappa shape index (κ2) is 9.79. The summed E-state index contributed by atoms with van der Waals surface area (Å²) in [5.74, 6) is -2.44. The summed E-state index contributed by atoms with van der Waals surface area (Å²) >= 11 is 1.64. The van der Waals surface area contributed by atoms with Crippen LogP contribution in [0.25, 0.3) is 16.2 Å². The molecule has 2 amide bonds. The zero-order valence-corrected chi connectivity index (χ0v) is 20.4. The number of benzene rings is 2. The van der Waals surface area contributed by atoms with Crippen molar-refractivity contribution in [2.75, 3.05) is 5.32 Å². The Kier molecular flexibility index (Phi) is 6.55. The van der Waals surface area contributed by atoms with Crippen LogP contribution in [-0.2, 0) is 22.4 Å². The molecule has 0 fully saturated rings. The van der Waals surface area contributed by atoms with E-state index in [-0.39, 0.29) is 18.0 Å². The highest BCUT2D eigenvalue weighted by atomic mass is 32.1. The molecule has 0 aliphatic heterocycles. The van der Waals surface area contributed by atoms with Crippen molar-refractivity contribution in [3.05, 3.63) is 76.4 Å². The summed E-state index contributed by atoms with van der Waals surface area (Å²) in [4.78, 5) is 31.7. The fraction of sp³-hybridized carbons (Fsp3) is 0.269. The minimum absolute atomic E-state index is 0.0864. The molecule has 4 aromatic rings. The lowest BCUT2D eigenvalue weighted by Gasteiger charge is -2.17. The molecule has 7 nitrogen and oxygen atoms in total. The minimum atomic E-state index is -0.840. The lowest BCUT2D eigenvalue weighted by molar-refractivity contribution is -0.125. The van der Waals surface area contributed by atoms with Crippen LogP contribution >= 0.6 is 11.3 Å². The summed E-state index contributed by atoms with van der Waals surface area (Å²) in [6, 6.07) is 9.46. The third kappa shape index (κ3) is 5.00. The number of anilines is 1. The van der Waals surface area contributed by atoms with Crippen molar-refractivity contribution >= 4 is 33.8 Å². The quantitative estimate of drug-likeness (QED) is 0.359. The molecule has 0 bridgehead atoms. The first-order valence-electron chi connectivity index (χ1n) is 11.7. The van der Waals surface area contributed by atoms with Gasteiger partial charge in [-0.1, -0.05) is 23.5 Å². The van der Waals surface area contributed by atoms with E-state index in [1.807, 2.05) is 18.3 Å². The van der Waals surface area contributed by atoms with Crippen LogP contribution in [0.4, 0.5) is 14.5 Å². The van der Waals surface area contributed by atoms with Crippen LogP contribution in [0.5, 0.6) is 0 Å². The summed E-state index contributed by atoms with van der Waals surface area (Å²) in [5, 5.41) is 5.31. The molecule has 4 N–H and O–H groups in total. The first-order chi connectivity index (χ1) is 17.3. The molecule has 5 rings (SSSR count). The molecule has 0 radical (unpaired) electrons. The number of nitrogens with one attached hydrogen (secondary N) is 2. The van der Waals surface area contributed by atoms with Crippen LogP contribution in [0.15, 0.2) is 48.7 Å². The molecule has 0 saturated carbocycles. The summed E-state index contributed by atoms with van der Waals surface area (Å²) in [6.45, 7) is 1.54. The third-order valence-corrected chi connectivity index (χ3v) is 7.45. The van der Waals surface area contributed by atoms with Crippen LogP contribution < -0.4 is 16.4 Å². The van der Waals surface area contributed by atoms with Gasteiger partial charge >= 0.3 is 0 Å². The second-order valence-electron chi connectivity index (χ2n) is 9.00. The molecule has 2 heterocycles. The lowest BCUT2D eigenvalue weighted by atomic mass is 9.99. The maximum Gasteiger partial charge on any atom is 0.246 e. The van der Waals surface area contributed by atoms with E-state index in [0.717, 1.165) is 53.7 Å². The molecule has 2 aromatic heterocycles. The van der Waals surface area contributed by atoms with E-state index >= 15 is 0 Å². The molecular weight excluding hydrogens is 484 g/mol. The van der Waals surface area contributed by atoms with E-state index in [2.05, 4.69) is 15.0 Å². The number of halogens is 2. The van der Waals surface area contributed by atoms with Crippen molar-refractivity contribution in [1.82, 2.24) is 14.7 Å². The zero-order chi connectivity index (χ0) is 25.4. The van der Waals surface area contributed by atoms with E-state index in [4.69, 9.17) is 10.7 Å². The number of imidazole rings is 1. The van der Waals surface area contributed by atoms with Crippen LogP contribution in [0.2, 0.25) is 0 Å². The number of nitrogens with zero attached hydrogens (tertiary/aromatic N) is 2. The van der Waals surface area contributed by atoms with Gasteiger partial charge in [0.1, 0.15) is 17.7 Å². The van der Waals surface area contributed by atoms with Gasteiger partial charge in [0.05, 0.1) is 12.1 Å². The number of aryl methyl sites for hydroxylation is 1. The van der Waals surface area contributed by atoms with E-state index in [9.17, 15) is 18.4 Å². The largest absolute Gasteiger partial charge is 0.344 e. The fourth-order valence-electron chi connectivity index (χ4n) is 4.43. The number of aromatic nitrogens is 2. The Morgan fingerprint density at radius 2 is 1.92 bits per heavy atom. The zero-order valence-electron chi connectivity index (χ0n) is 19.6. The Morgan fingerprint density at radius 1 is 1.19 bits per heavy atom. The molecular formula is C26H25F2N5O2S. The van der Waals surface area contributed by atoms with Gasteiger partial charge in [-0.05, 0) is 56.0 Å². The number of amides is 2. The Labute approximate surface area is 210 Å². The second-order valence-corrected chi connectivity index (χ2v) is 10.0. The van der Waals surface area contributed by atoms with E-state index in [1.54, 1.807) is 23.5 Å². The van der Waals surface area contributed by atoms with E-state index in [1.165, 1.54) is 17.5 Å². The standard InChI is InChI=1S/C26H25F2N5O2S/c1-14(30-23(34)11-15-9-17(27)12-18(28)10-15)25(35)31-19-7-5-16(6-8-19)21-13-33-22-4-2-3-20(29)24(22)36-26(33)32-21/h5-10,12-14,20H,2-4,11,29H2,1H3,(H,30,34)(H,31,35)/t14-,20?/m0/s1. The Bertz CT molecular complexity index is 1430. The summed E-state index contributed by atoms with van der Waals surface area (Å²) in [7, 11) is 0. The maximum absolute atomic E-state index is 13.3. The topological polar surface area (TPSA) is 102 Å². The van der Waals surface area contributed by atoms with Gasteiger partial charge in [0, 0.05) is 40.1 Å². The molecule has 36 heavy (non-hydrogen) atoms. The van der Waals surface area contributed by atoms with Crippen LogP contribution in [0.3, 0.4) is 0 Å². The minimum Gasteiger partial charge on any atom is -0.344 e. The van der Waals surface area contributed by atoms with Gasteiger partial charge < -0.3 is 16.4 Å². The highest BCUT2D eigenvalue weighted by Gasteiger charge is 2.23. The maximum atomic E-state index is 13.3. The number of carbonyl (C=O) groups excluding carboxylic acids is 2. The van der Waals surface area contributed by atoms with Gasteiger partial charge in [0.25, 0.3) is 0 Å². The number of hydrogen-bond acceptors (Lipinski definition) is 5. The number of nitrogens with two attached hydrogens (primary N) is 1. The smallest absolute Gasteiger partial charge is 0.246 e. The van der Waals surface area contributed by atoms with Crippen molar-refractivity contribution in [2.45, 2.75) is 44.7 Å². The average Bonchev–Trinajstić information content (AvgIpc) is 3.38. The van der Waals surface area contributed by atoms with Crippen molar-refractivity contribution in [1.29, 1.82) is 0 Å². The Balaban J connectivity index is 1.20. The van der Waals surface area contributed by atoms with Gasteiger partial charge in [-0.3, -0.25) is 14.0 Å². The highest BCUT2D eigenvalue weighted by Crippen LogP contribution is 2.36. The molecule has 0 saturated heterocycles. The average molecular weight is 510 g/mol. The first-order valence-corrected chi connectivity index (χ1v) is 12.5. The summed E-state index contributed by atoms with van der Waals surface area (Å²) in [6.07, 6.45) is 4.87. The molecule has 1 unspecified atom stereocenters. The first kappa shape index (κ1) is 24.1. The van der Waals surface area contributed by atoms with Gasteiger partial charge in [-0.15, -0.1) is 0 Å². The summed E-state index contributed by atoms with van der Waals surface area (Å²) < 4.78 is 28.8. The summed E-state index contributed by atoms with van der Waals surface area (Å²) in [5.41, 5.74) is 10.0.